The van der Waals surface area contributed by atoms with Gasteiger partial charge < -0.3 is 4.74 Å². The standard InChI is InChI=1S/C12H13BrO/c1-8-11-5-4-10(14-2)7-9(11)3-6-12(8)13/h4-5,7H,3,6H2,1-2H3. The smallest absolute Gasteiger partial charge is 0.119 e. The van der Waals surface area contributed by atoms with Crippen LogP contribution < -0.4 is 4.74 Å². The third kappa shape index (κ3) is 1.59. The van der Waals surface area contributed by atoms with Crippen LogP contribution in [0.25, 0.3) is 5.57 Å². The Kier molecular flexibility index (Phi) is 2.64. The van der Waals surface area contributed by atoms with E-state index < -0.39 is 0 Å². The highest BCUT2D eigenvalue weighted by atomic mass is 79.9. The Bertz CT molecular complexity index is 393. The first-order chi connectivity index (χ1) is 6.72. The van der Waals surface area contributed by atoms with Gasteiger partial charge in [0.05, 0.1) is 7.11 Å². The van der Waals surface area contributed by atoms with Gasteiger partial charge in [-0.1, -0.05) is 22.0 Å². The van der Waals surface area contributed by atoms with Crippen LogP contribution in [0.4, 0.5) is 0 Å². The summed E-state index contributed by atoms with van der Waals surface area (Å²) in [5, 5.41) is 0. The minimum atomic E-state index is 0.953. The lowest BCUT2D eigenvalue weighted by atomic mass is 9.91. The minimum absolute atomic E-state index is 0.953. The number of methoxy groups -OCH3 is 1. The summed E-state index contributed by atoms with van der Waals surface area (Å²) in [5.41, 5.74) is 4.10. The molecule has 0 atom stereocenters. The molecule has 0 aromatic heterocycles. The van der Waals surface area contributed by atoms with E-state index in [9.17, 15) is 0 Å². The van der Waals surface area contributed by atoms with Gasteiger partial charge in [0.25, 0.3) is 0 Å². The van der Waals surface area contributed by atoms with Crippen molar-refractivity contribution in [3.63, 3.8) is 0 Å². The van der Waals surface area contributed by atoms with Crippen molar-refractivity contribution in [1.82, 2.24) is 0 Å². The number of fused-ring (bicyclic) bond motifs is 1. The van der Waals surface area contributed by atoms with Crippen molar-refractivity contribution in [2.24, 2.45) is 0 Å². The Balaban J connectivity index is 2.51. The van der Waals surface area contributed by atoms with Gasteiger partial charge in [0.15, 0.2) is 0 Å². The highest BCUT2D eigenvalue weighted by Crippen LogP contribution is 2.35. The molecule has 1 aromatic carbocycles. The molecule has 0 aliphatic heterocycles. The van der Waals surface area contributed by atoms with Gasteiger partial charge in [-0.05, 0) is 53.1 Å². The van der Waals surface area contributed by atoms with Crippen LogP contribution in [0.15, 0.2) is 22.7 Å². The van der Waals surface area contributed by atoms with E-state index in [1.165, 1.54) is 21.2 Å². The van der Waals surface area contributed by atoms with Crippen LogP contribution in [-0.2, 0) is 6.42 Å². The van der Waals surface area contributed by atoms with Crippen LogP contribution in [0.3, 0.4) is 0 Å². The molecule has 2 heteroatoms. The molecule has 1 aliphatic carbocycles. The second kappa shape index (κ2) is 3.77. The molecular weight excluding hydrogens is 240 g/mol. The summed E-state index contributed by atoms with van der Waals surface area (Å²) in [4.78, 5) is 0. The summed E-state index contributed by atoms with van der Waals surface area (Å²) in [7, 11) is 1.71. The summed E-state index contributed by atoms with van der Waals surface area (Å²) < 4.78 is 6.54. The number of hydrogen-bond donors (Lipinski definition) is 0. The number of aryl methyl sites for hydroxylation is 1. The number of benzene rings is 1. The van der Waals surface area contributed by atoms with Gasteiger partial charge in [-0.3, -0.25) is 0 Å². The Hall–Kier alpha value is -0.760. The van der Waals surface area contributed by atoms with E-state index in [1.807, 2.05) is 6.07 Å². The number of hydrogen-bond acceptors (Lipinski definition) is 1. The highest BCUT2D eigenvalue weighted by Gasteiger charge is 2.14. The van der Waals surface area contributed by atoms with Gasteiger partial charge in [0.1, 0.15) is 5.75 Å². The molecule has 0 fully saturated rings. The Morgan fingerprint density at radius 1 is 1.29 bits per heavy atom. The average molecular weight is 253 g/mol. The molecule has 2 rings (SSSR count). The third-order valence-electron chi connectivity index (χ3n) is 2.74. The second-order valence-electron chi connectivity index (χ2n) is 3.55. The number of allylic oxidation sites excluding steroid dienone is 2. The van der Waals surface area contributed by atoms with Crippen LogP contribution in [0, 0.1) is 0 Å². The van der Waals surface area contributed by atoms with Gasteiger partial charge in [-0.15, -0.1) is 0 Å². The predicted molar refractivity (Wildman–Crippen MR) is 62.8 cm³/mol. The Morgan fingerprint density at radius 3 is 2.79 bits per heavy atom. The number of halogens is 1. The molecule has 0 bridgehead atoms. The van der Waals surface area contributed by atoms with Crippen molar-refractivity contribution in [3.05, 3.63) is 33.8 Å². The lowest BCUT2D eigenvalue weighted by Gasteiger charge is -2.18. The average Bonchev–Trinajstić information content (AvgIpc) is 2.23. The van der Waals surface area contributed by atoms with Gasteiger partial charge >= 0.3 is 0 Å². The third-order valence-corrected chi connectivity index (χ3v) is 3.73. The molecule has 0 unspecified atom stereocenters. The molecule has 1 nitrogen and oxygen atoms in total. The first-order valence-electron chi connectivity index (χ1n) is 4.75. The van der Waals surface area contributed by atoms with Crippen molar-refractivity contribution < 1.29 is 4.74 Å². The van der Waals surface area contributed by atoms with E-state index in [1.54, 1.807) is 7.11 Å². The fraction of sp³-hybridized carbons (Fsp3) is 0.333. The molecule has 0 spiro atoms. The predicted octanol–water partition coefficient (Wildman–Crippen LogP) is 3.77. The minimum Gasteiger partial charge on any atom is -0.497 e. The molecule has 0 radical (unpaired) electrons. The maximum absolute atomic E-state index is 5.21. The summed E-state index contributed by atoms with van der Waals surface area (Å²) in [6.07, 6.45) is 2.20. The van der Waals surface area contributed by atoms with Crippen molar-refractivity contribution in [2.45, 2.75) is 19.8 Å². The zero-order valence-electron chi connectivity index (χ0n) is 8.43. The summed E-state index contributed by atoms with van der Waals surface area (Å²) in [6.45, 7) is 2.16. The molecule has 0 amide bonds. The Labute approximate surface area is 92.9 Å². The van der Waals surface area contributed by atoms with Gasteiger partial charge in [-0.25, -0.2) is 0 Å². The number of ether oxygens (including phenoxy) is 1. The maximum Gasteiger partial charge on any atom is 0.119 e. The topological polar surface area (TPSA) is 9.23 Å². The zero-order valence-corrected chi connectivity index (χ0v) is 10.0. The van der Waals surface area contributed by atoms with Crippen molar-refractivity contribution in [3.8, 4) is 5.75 Å². The fourth-order valence-corrected chi connectivity index (χ4v) is 2.26. The monoisotopic (exact) mass is 252 g/mol. The molecule has 74 valence electrons. The normalized spacial score (nSPS) is 15.4. The van der Waals surface area contributed by atoms with Crippen molar-refractivity contribution >= 4 is 21.5 Å². The summed E-state index contributed by atoms with van der Waals surface area (Å²) in [6, 6.07) is 6.30. The quantitative estimate of drug-likeness (QED) is 0.740. The summed E-state index contributed by atoms with van der Waals surface area (Å²) in [5.74, 6) is 0.953. The van der Waals surface area contributed by atoms with E-state index in [4.69, 9.17) is 4.74 Å². The largest absolute Gasteiger partial charge is 0.497 e. The molecule has 1 aromatic rings. The van der Waals surface area contributed by atoms with E-state index in [2.05, 4.69) is 35.0 Å². The van der Waals surface area contributed by atoms with Crippen LogP contribution in [0.1, 0.15) is 24.5 Å². The van der Waals surface area contributed by atoms with Crippen molar-refractivity contribution in [2.75, 3.05) is 7.11 Å². The Morgan fingerprint density at radius 2 is 2.07 bits per heavy atom. The van der Waals surface area contributed by atoms with E-state index in [0.29, 0.717) is 0 Å². The van der Waals surface area contributed by atoms with Crippen LogP contribution in [0.2, 0.25) is 0 Å². The second-order valence-corrected chi connectivity index (χ2v) is 4.51. The molecule has 0 N–H and O–H groups in total. The van der Waals surface area contributed by atoms with Gasteiger partial charge in [0, 0.05) is 0 Å². The molecule has 0 saturated heterocycles. The molecule has 1 aliphatic rings. The molecule has 0 saturated carbocycles. The van der Waals surface area contributed by atoms with E-state index >= 15 is 0 Å². The highest BCUT2D eigenvalue weighted by molar-refractivity contribution is 9.11. The van der Waals surface area contributed by atoms with E-state index in [-0.39, 0.29) is 0 Å². The molecule has 14 heavy (non-hydrogen) atoms. The van der Waals surface area contributed by atoms with Crippen LogP contribution in [-0.4, -0.2) is 7.11 Å². The first kappa shape index (κ1) is 9.78. The van der Waals surface area contributed by atoms with Gasteiger partial charge in [-0.2, -0.15) is 0 Å². The lowest BCUT2D eigenvalue weighted by molar-refractivity contribution is 0.414. The number of rotatable bonds is 1. The van der Waals surface area contributed by atoms with Crippen LogP contribution >= 0.6 is 15.9 Å². The van der Waals surface area contributed by atoms with Crippen molar-refractivity contribution in [1.29, 1.82) is 0 Å². The lowest BCUT2D eigenvalue weighted by Crippen LogP contribution is -2.00. The maximum atomic E-state index is 5.21. The fourth-order valence-electron chi connectivity index (χ4n) is 1.85. The van der Waals surface area contributed by atoms with E-state index in [0.717, 1.165) is 18.6 Å². The first-order valence-corrected chi connectivity index (χ1v) is 5.54. The molecule has 0 heterocycles. The van der Waals surface area contributed by atoms with Crippen LogP contribution in [0.5, 0.6) is 5.75 Å². The zero-order chi connectivity index (χ0) is 10.1. The SMILES string of the molecule is COc1ccc2c(c1)CCC(Br)=C2C. The van der Waals surface area contributed by atoms with Gasteiger partial charge in [0.2, 0.25) is 0 Å². The molecular formula is C12H13BrO. The summed E-state index contributed by atoms with van der Waals surface area (Å²) >= 11 is 3.61.